The minimum atomic E-state index is -0.208. The van der Waals surface area contributed by atoms with Gasteiger partial charge < -0.3 is 10.1 Å². The maximum Gasteiger partial charge on any atom is 0.314 e. The Labute approximate surface area is 121 Å². The molecule has 20 heavy (non-hydrogen) atoms. The van der Waals surface area contributed by atoms with Crippen molar-refractivity contribution >= 4 is 5.97 Å². The third kappa shape index (κ3) is 4.07. The number of ether oxygens (including phenoxy) is 1. The number of esters is 1. The van der Waals surface area contributed by atoms with Crippen LogP contribution in [0.1, 0.15) is 44.1 Å². The summed E-state index contributed by atoms with van der Waals surface area (Å²) in [6, 6.07) is 10.4. The third-order valence-electron chi connectivity index (χ3n) is 4.31. The zero-order valence-corrected chi connectivity index (χ0v) is 12.5. The highest BCUT2D eigenvalue weighted by Gasteiger charge is 2.24. The van der Waals surface area contributed by atoms with Gasteiger partial charge in [-0.2, -0.15) is 0 Å². The predicted molar refractivity (Wildman–Crippen MR) is 80.6 cm³/mol. The van der Waals surface area contributed by atoms with Crippen LogP contribution in [0.25, 0.3) is 0 Å². The van der Waals surface area contributed by atoms with Crippen LogP contribution in [0, 0.1) is 5.92 Å². The lowest BCUT2D eigenvalue weighted by atomic mass is 9.87. The van der Waals surface area contributed by atoms with Crippen molar-refractivity contribution < 1.29 is 9.53 Å². The Morgan fingerprint density at radius 3 is 2.50 bits per heavy atom. The maximum atomic E-state index is 12.0. The maximum absolute atomic E-state index is 12.0. The zero-order chi connectivity index (χ0) is 14.4. The minimum Gasteiger partial charge on any atom is -0.469 e. The van der Waals surface area contributed by atoms with E-state index in [1.165, 1.54) is 32.8 Å². The summed E-state index contributed by atoms with van der Waals surface area (Å²) < 4.78 is 4.94. The second-order valence-electron chi connectivity index (χ2n) is 5.85. The fourth-order valence-corrected chi connectivity index (χ4v) is 2.91. The summed E-state index contributed by atoms with van der Waals surface area (Å²) in [5, 5.41) is 3.56. The Morgan fingerprint density at radius 2 is 1.90 bits per heavy atom. The Balaban J connectivity index is 1.93. The van der Waals surface area contributed by atoms with E-state index < -0.39 is 0 Å². The van der Waals surface area contributed by atoms with E-state index in [4.69, 9.17) is 4.74 Å². The molecule has 0 radical (unpaired) electrons. The summed E-state index contributed by atoms with van der Waals surface area (Å²) in [7, 11) is 1.46. The summed E-state index contributed by atoms with van der Waals surface area (Å²) in [5.41, 5.74) is 1.02. The highest BCUT2D eigenvalue weighted by molar-refractivity contribution is 5.78. The molecule has 1 aliphatic carbocycles. The molecule has 1 atom stereocenters. The Morgan fingerprint density at radius 1 is 1.25 bits per heavy atom. The molecular formula is C17H25NO2. The molecule has 0 bridgehead atoms. The van der Waals surface area contributed by atoms with Crippen LogP contribution in [-0.2, 0) is 9.53 Å². The van der Waals surface area contributed by atoms with Crippen LogP contribution in [0.4, 0.5) is 0 Å². The molecule has 1 aromatic carbocycles. The molecule has 0 amide bonds. The summed E-state index contributed by atoms with van der Waals surface area (Å²) >= 11 is 0. The molecule has 1 aromatic rings. The van der Waals surface area contributed by atoms with Gasteiger partial charge in [-0.05, 0) is 37.2 Å². The predicted octanol–water partition coefficient (Wildman–Crippen LogP) is 3.11. The molecule has 1 aliphatic rings. The van der Waals surface area contributed by atoms with Crippen LogP contribution in [0.5, 0.6) is 0 Å². The van der Waals surface area contributed by atoms with E-state index in [1.54, 1.807) is 0 Å². The number of methoxy groups -OCH3 is 1. The fraction of sp³-hybridized carbons (Fsp3) is 0.588. The Bertz CT molecular complexity index is 410. The zero-order valence-electron chi connectivity index (χ0n) is 12.5. The van der Waals surface area contributed by atoms with Gasteiger partial charge in [-0.1, -0.05) is 37.3 Å². The normalized spacial score (nSPS) is 24.1. The second kappa shape index (κ2) is 7.44. The van der Waals surface area contributed by atoms with Gasteiger partial charge in [-0.3, -0.25) is 4.79 Å². The van der Waals surface area contributed by atoms with Crippen molar-refractivity contribution in [3.63, 3.8) is 0 Å². The van der Waals surface area contributed by atoms with Gasteiger partial charge >= 0.3 is 5.97 Å². The molecule has 0 aromatic heterocycles. The first-order chi connectivity index (χ1) is 9.70. The largest absolute Gasteiger partial charge is 0.469 e. The van der Waals surface area contributed by atoms with Gasteiger partial charge in [0.05, 0.1) is 13.0 Å². The summed E-state index contributed by atoms with van der Waals surface area (Å²) in [4.78, 5) is 12.0. The molecule has 1 N–H and O–H groups in total. The molecule has 0 heterocycles. The van der Waals surface area contributed by atoms with Gasteiger partial charge in [-0.15, -0.1) is 0 Å². The highest BCUT2D eigenvalue weighted by atomic mass is 16.5. The lowest BCUT2D eigenvalue weighted by Crippen LogP contribution is -2.37. The van der Waals surface area contributed by atoms with Gasteiger partial charge in [0.15, 0.2) is 0 Å². The van der Waals surface area contributed by atoms with E-state index in [-0.39, 0.29) is 11.9 Å². The quantitative estimate of drug-likeness (QED) is 0.839. The topological polar surface area (TPSA) is 38.3 Å². The van der Waals surface area contributed by atoms with E-state index in [0.717, 1.165) is 11.5 Å². The molecule has 3 heteroatoms. The standard InChI is InChI=1S/C17H25NO2/c1-13-8-10-15(11-9-13)18-12-16(17(19)20-2)14-6-4-3-5-7-14/h3-7,13,15-16,18H,8-12H2,1-2H3. The van der Waals surface area contributed by atoms with E-state index in [9.17, 15) is 4.79 Å². The second-order valence-corrected chi connectivity index (χ2v) is 5.85. The smallest absolute Gasteiger partial charge is 0.314 e. The minimum absolute atomic E-state index is 0.159. The van der Waals surface area contributed by atoms with Crippen molar-refractivity contribution in [2.45, 2.75) is 44.6 Å². The molecule has 2 rings (SSSR count). The number of carbonyl (C=O) groups excluding carboxylic acids is 1. The average molecular weight is 275 g/mol. The molecule has 1 unspecified atom stereocenters. The molecule has 3 nitrogen and oxygen atoms in total. The van der Waals surface area contributed by atoms with Gasteiger partial charge in [-0.25, -0.2) is 0 Å². The van der Waals surface area contributed by atoms with Crippen molar-refractivity contribution in [2.75, 3.05) is 13.7 Å². The first-order valence-electron chi connectivity index (χ1n) is 7.57. The lowest BCUT2D eigenvalue weighted by Gasteiger charge is -2.28. The van der Waals surface area contributed by atoms with Crippen molar-refractivity contribution in [1.82, 2.24) is 5.32 Å². The first-order valence-corrected chi connectivity index (χ1v) is 7.57. The van der Waals surface area contributed by atoms with Crippen LogP contribution in [-0.4, -0.2) is 25.7 Å². The number of rotatable bonds is 5. The Kier molecular flexibility index (Phi) is 5.60. The molecule has 0 spiro atoms. The summed E-state index contributed by atoms with van der Waals surface area (Å²) in [5.74, 6) is 0.479. The molecule has 0 aliphatic heterocycles. The molecular weight excluding hydrogens is 250 g/mol. The van der Waals surface area contributed by atoms with E-state index in [0.29, 0.717) is 12.6 Å². The van der Waals surface area contributed by atoms with Crippen LogP contribution in [0.3, 0.4) is 0 Å². The molecule has 110 valence electrons. The summed E-state index contributed by atoms with van der Waals surface area (Å²) in [6.45, 7) is 2.98. The monoisotopic (exact) mass is 275 g/mol. The first kappa shape index (κ1) is 15.0. The van der Waals surface area contributed by atoms with Crippen molar-refractivity contribution in [3.05, 3.63) is 35.9 Å². The molecule has 1 saturated carbocycles. The van der Waals surface area contributed by atoms with Crippen LogP contribution < -0.4 is 5.32 Å². The third-order valence-corrected chi connectivity index (χ3v) is 4.31. The number of hydrogen-bond donors (Lipinski definition) is 1. The van der Waals surface area contributed by atoms with Crippen LogP contribution >= 0.6 is 0 Å². The summed E-state index contributed by atoms with van der Waals surface area (Å²) in [6.07, 6.45) is 4.99. The van der Waals surface area contributed by atoms with E-state index in [2.05, 4.69) is 12.2 Å². The van der Waals surface area contributed by atoms with Crippen LogP contribution in [0.2, 0.25) is 0 Å². The van der Waals surface area contributed by atoms with Gasteiger partial charge in [0.2, 0.25) is 0 Å². The number of hydrogen-bond acceptors (Lipinski definition) is 3. The van der Waals surface area contributed by atoms with E-state index in [1.807, 2.05) is 30.3 Å². The molecule has 1 fully saturated rings. The number of carbonyl (C=O) groups is 1. The fourth-order valence-electron chi connectivity index (χ4n) is 2.91. The van der Waals surface area contributed by atoms with Crippen LogP contribution in [0.15, 0.2) is 30.3 Å². The average Bonchev–Trinajstić information content (AvgIpc) is 2.50. The Hall–Kier alpha value is -1.35. The van der Waals surface area contributed by atoms with E-state index >= 15 is 0 Å². The molecule has 0 saturated heterocycles. The van der Waals surface area contributed by atoms with Crippen molar-refractivity contribution in [1.29, 1.82) is 0 Å². The number of nitrogens with one attached hydrogen (secondary N) is 1. The van der Waals surface area contributed by atoms with Gasteiger partial charge in [0, 0.05) is 12.6 Å². The van der Waals surface area contributed by atoms with Gasteiger partial charge in [0.25, 0.3) is 0 Å². The van der Waals surface area contributed by atoms with Crippen molar-refractivity contribution in [3.8, 4) is 0 Å². The SMILES string of the molecule is COC(=O)C(CNC1CCC(C)CC1)c1ccccc1. The lowest BCUT2D eigenvalue weighted by molar-refractivity contribution is -0.142. The number of benzene rings is 1. The van der Waals surface area contributed by atoms with Crippen molar-refractivity contribution in [2.24, 2.45) is 5.92 Å². The highest BCUT2D eigenvalue weighted by Crippen LogP contribution is 2.24. The van der Waals surface area contributed by atoms with Gasteiger partial charge in [0.1, 0.15) is 0 Å².